The Labute approximate surface area is 93.0 Å². The van der Waals surface area contributed by atoms with Crippen molar-refractivity contribution in [3.05, 3.63) is 17.0 Å². The summed E-state index contributed by atoms with van der Waals surface area (Å²) in [6.45, 7) is 5.48. The van der Waals surface area contributed by atoms with E-state index in [1.165, 1.54) is 0 Å². The Hall–Kier alpha value is -0.970. The highest BCUT2D eigenvalue weighted by Gasteiger charge is 2.13. The summed E-state index contributed by atoms with van der Waals surface area (Å²) in [5, 5.41) is 12.5. The predicted molar refractivity (Wildman–Crippen MR) is 58.9 cm³/mol. The van der Waals surface area contributed by atoms with Crippen LogP contribution in [0.4, 0.5) is 0 Å². The second kappa shape index (κ2) is 5.21. The summed E-state index contributed by atoms with van der Waals surface area (Å²) in [7, 11) is 0. The maximum absolute atomic E-state index is 10.6. The zero-order valence-corrected chi connectivity index (χ0v) is 9.93. The molecule has 0 amide bonds. The Bertz CT molecular complexity index is 329. The lowest BCUT2D eigenvalue weighted by Gasteiger charge is -2.05. The van der Waals surface area contributed by atoms with Crippen molar-refractivity contribution in [2.75, 3.05) is 5.75 Å². The van der Waals surface area contributed by atoms with E-state index in [2.05, 4.69) is 5.16 Å². The van der Waals surface area contributed by atoms with Crippen LogP contribution in [0.3, 0.4) is 0 Å². The molecule has 5 heteroatoms. The van der Waals surface area contributed by atoms with Gasteiger partial charge in [0.05, 0.1) is 11.6 Å². The fraction of sp³-hybridized carbons (Fsp3) is 0.600. The number of carboxylic acid groups (broad SMARTS) is 1. The minimum atomic E-state index is -0.749. The molecule has 1 rings (SSSR count). The van der Waals surface area contributed by atoms with Crippen molar-refractivity contribution in [3.63, 3.8) is 0 Å². The summed E-state index contributed by atoms with van der Waals surface area (Å²) in [5.41, 5.74) is 1.97. The molecule has 0 aliphatic carbocycles. The quantitative estimate of drug-likeness (QED) is 0.839. The average molecular weight is 229 g/mol. The lowest BCUT2D eigenvalue weighted by atomic mass is 10.2. The van der Waals surface area contributed by atoms with Crippen LogP contribution in [0.15, 0.2) is 4.52 Å². The van der Waals surface area contributed by atoms with E-state index < -0.39 is 5.97 Å². The van der Waals surface area contributed by atoms with Gasteiger partial charge in [-0.1, -0.05) is 12.1 Å². The van der Waals surface area contributed by atoms with E-state index in [1.54, 1.807) is 18.7 Å². The van der Waals surface area contributed by atoms with Crippen LogP contribution in [-0.2, 0) is 10.5 Å². The van der Waals surface area contributed by atoms with Crippen LogP contribution in [0.25, 0.3) is 0 Å². The predicted octanol–water partition coefficient (Wildman–Crippen LogP) is 2.25. The van der Waals surface area contributed by atoms with E-state index >= 15 is 0 Å². The minimum Gasteiger partial charge on any atom is -0.481 e. The molecule has 0 fully saturated rings. The average Bonchev–Trinajstić information content (AvgIpc) is 2.48. The van der Waals surface area contributed by atoms with Gasteiger partial charge >= 0.3 is 5.97 Å². The molecular weight excluding hydrogens is 214 g/mol. The maximum Gasteiger partial charge on any atom is 0.307 e. The van der Waals surface area contributed by atoms with Crippen LogP contribution >= 0.6 is 11.8 Å². The first-order chi connectivity index (χ1) is 7.02. The number of rotatable bonds is 5. The zero-order chi connectivity index (χ0) is 11.4. The number of aliphatic carboxylic acids is 1. The summed E-state index contributed by atoms with van der Waals surface area (Å²) in [5.74, 6) is 1.14. The van der Waals surface area contributed by atoms with Gasteiger partial charge in [-0.25, -0.2) is 0 Å². The summed E-state index contributed by atoms with van der Waals surface area (Å²) >= 11 is 1.59. The van der Waals surface area contributed by atoms with Gasteiger partial charge in [0.2, 0.25) is 0 Å². The van der Waals surface area contributed by atoms with Crippen LogP contribution < -0.4 is 0 Å². The molecule has 15 heavy (non-hydrogen) atoms. The SMILES string of the molecule is Cc1noc(C)c1CSCC(C)C(=O)O. The smallest absolute Gasteiger partial charge is 0.307 e. The molecule has 0 saturated carbocycles. The molecule has 1 aromatic heterocycles. The molecule has 1 aromatic rings. The van der Waals surface area contributed by atoms with Gasteiger partial charge in [0, 0.05) is 17.1 Å². The van der Waals surface area contributed by atoms with Gasteiger partial charge in [0.15, 0.2) is 0 Å². The lowest BCUT2D eigenvalue weighted by Crippen LogP contribution is -2.11. The first-order valence-corrected chi connectivity index (χ1v) is 5.90. The third kappa shape index (κ3) is 3.27. The van der Waals surface area contributed by atoms with E-state index in [0.717, 1.165) is 22.8 Å². The standard InChI is InChI=1S/C10H15NO3S/c1-6(10(12)13)4-15-5-9-7(2)11-14-8(9)3/h6H,4-5H2,1-3H3,(H,12,13). The monoisotopic (exact) mass is 229 g/mol. The van der Waals surface area contributed by atoms with E-state index in [9.17, 15) is 4.79 Å². The summed E-state index contributed by atoms with van der Waals surface area (Å²) < 4.78 is 5.02. The summed E-state index contributed by atoms with van der Waals surface area (Å²) in [6, 6.07) is 0. The van der Waals surface area contributed by atoms with Crippen LogP contribution in [0.5, 0.6) is 0 Å². The topological polar surface area (TPSA) is 63.3 Å². The van der Waals surface area contributed by atoms with Crippen molar-refractivity contribution >= 4 is 17.7 Å². The normalized spacial score (nSPS) is 12.7. The fourth-order valence-corrected chi connectivity index (χ4v) is 2.35. The van der Waals surface area contributed by atoms with E-state index in [0.29, 0.717) is 5.75 Å². The summed E-state index contributed by atoms with van der Waals surface area (Å²) in [6.07, 6.45) is 0. The number of aromatic nitrogens is 1. The van der Waals surface area contributed by atoms with Crippen LogP contribution in [0, 0.1) is 19.8 Å². The van der Waals surface area contributed by atoms with Crippen molar-refractivity contribution in [2.45, 2.75) is 26.5 Å². The molecule has 4 nitrogen and oxygen atoms in total. The third-order valence-corrected chi connectivity index (χ3v) is 3.45. The number of carbonyl (C=O) groups is 1. The van der Waals surface area contributed by atoms with Gasteiger partial charge in [0.25, 0.3) is 0 Å². The van der Waals surface area contributed by atoms with Crippen molar-refractivity contribution in [1.29, 1.82) is 0 Å². The molecule has 84 valence electrons. The summed E-state index contributed by atoms with van der Waals surface area (Å²) in [4.78, 5) is 10.6. The van der Waals surface area contributed by atoms with Gasteiger partial charge in [-0.15, -0.1) is 0 Å². The minimum absolute atomic E-state index is 0.310. The van der Waals surface area contributed by atoms with Crippen LogP contribution in [0.2, 0.25) is 0 Å². The molecule has 0 aliphatic heterocycles. The Kier molecular flexibility index (Phi) is 4.20. The fourth-order valence-electron chi connectivity index (χ4n) is 1.12. The number of hydrogen-bond donors (Lipinski definition) is 1. The Morgan fingerprint density at radius 2 is 2.27 bits per heavy atom. The largest absolute Gasteiger partial charge is 0.481 e. The molecular formula is C10H15NO3S. The number of hydrogen-bond acceptors (Lipinski definition) is 4. The molecule has 0 aromatic carbocycles. The zero-order valence-electron chi connectivity index (χ0n) is 9.11. The Balaban J connectivity index is 2.41. The van der Waals surface area contributed by atoms with Crippen LogP contribution in [0.1, 0.15) is 23.9 Å². The van der Waals surface area contributed by atoms with Crippen molar-refractivity contribution < 1.29 is 14.4 Å². The number of nitrogens with zero attached hydrogens (tertiary/aromatic N) is 1. The van der Waals surface area contributed by atoms with Gasteiger partial charge in [-0.05, 0) is 13.8 Å². The van der Waals surface area contributed by atoms with E-state index in [1.807, 2.05) is 13.8 Å². The van der Waals surface area contributed by atoms with E-state index in [-0.39, 0.29) is 5.92 Å². The van der Waals surface area contributed by atoms with Gasteiger partial charge in [-0.2, -0.15) is 11.8 Å². The molecule has 1 unspecified atom stereocenters. The molecule has 0 radical (unpaired) electrons. The van der Waals surface area contributed by atoms with Crippen molar-refractivity contribution in [1.82, 2.24) is 5.16 Å². The first kappa shape index (κ1) is 12.1. The van der Waals surface area contributed by atoms with Gasteiger partial charge in [0.1, 0.15) is 5.76 Å². The van der Waals surface area contributed by atoms with Crippen LogP contribution in [-0.4, -0.2) is 22.0 Å². The Morgan fingerprint density at radius 1 is 1.60 bits per heavy atom. The second-order valence-electron chi connectivity index (χ2n) is 3.56. The maximum atomic E-state index is 10.6. The lowest BCUT2D eigenvalue weighted by molar-refractivity contribution is -0.140. The number of thioether (sulfide) groups is 1. The highest BCUT2D eigenvalue weighted by Crippen LogP contribution is 2.21. The van der Waals surface area contributed by atoms with Gasteiger partial charge < -0.3 is 9.63 Å². The van der Waals surface area contributed by atoms with Crippen molar-refractivity contribution in [3.8, 4) is 0 Å². The van der Waals surface area contributed by atoms with Crippen molar-refractivity contribution in [2.24, 2.45) is 5.92 Å². The molecule has 1 N–H and O–H groups in total. The van der Waals surface area contributed by atoms with Gasteiger partial charge in [-0.3, -0.25) is 4.79 Å². The molecule has 1 atom stereocenters. The highest BCUT2D eigenvalue weighted by atomic mass is 32.2. The highest BCUT2D eigenvalue weighted by molar-refractivity contribution is 7.98. The second-order valence-corrected chi connectivity index (χ2v) is 4.59. The van der Waals surface area contributed by atoms with E-state index in [4.69, 9.17) is 9.63 Å². The molecule has 0 bridgehead atoms. The Morgan fingerprint density at radius 3 is 2.73 bits per heavy atom. The number of carboxylic acids is 1. The molecule has 0 spiro atoms. The third-order valence-electron chi connectivity index (χ3n) is 2.22. The molecule has 1 heterocycles. The molecule has 0 aliphatic rings. The first-order valence-electron chi connectivity index (χ1n) is 4.74. The molecule has 0 saturated heterocycles. The number of aryl methyl sites for hydroxylation is 2.